The number of benzene rings is 3. The van der Waals surface area contributed by atoms with Crippen LogP contribution in [-0.2, 0) is 0 Å². The maximum atomic E-state index is 12.4. The third kappa shape index (κ3) is 6.46. The van der Waals surface area contributed by atoms with Gasteiger partial charge in [-0.25, -0.2) is 4.79 Å². The molecule has 3 aromatic rings. The van der Waals surface area contributed by atoms with E-state index < -0.39 is 5.97 Å². The van der Waals surface area contributed by atoms with Crippen LogP contribution in [0.3, 0.4) is 0 Å². The third-order valence-corrected chi connectivity index (χ3v) is 4.72. The number of halogens is 1. The van der Waals surface area contributed by atoms with Gasteiger partial charge in [0.15, 0.2) is 0 Å². The van der Waals surface area contributed by atoms with Crippen molar-refractivity contribution in [3.8, 4) is 11.5 Å². The lowest BCUT2D eigenvalue weighted by molar-refractivity contribution is 0.0734. The average Bonchev–Trinajstić information content (AvgIpc) is 2.77. The Morgan fingerprint density at radius 2 is 1.63 bits per heavy atom. The number of carbonyl (C=O) groups excluding carboxylic acids is 1. The summed E-state index contributed by atoms with van der Waals surface area (Å²) in [6.45, 7) is 2.84. The van der Waals surface area contributed by atoms with E-state index in [1.54, 1.807) is 48.7 Å². The summed E-state index contributed by atoms with van der Waals surface area (Å²) >= 11 is 6.10. The Kier molecular flexibility index (Phi) is 8.04. The summed E-state index contributed by atoms with van der Waals surface area (Å²) in [5.41, 5.74) is 2.05. The molecule has 0 fully saturated rings. The number of esters is 1. The lowest BCUT2D eigenvalue weighted by atomic mass is 10.2. The number of nitrogens with zero attached hydrogens (tertiary/aromatic N) is 1. The molecule has 0 unspecified atom stereocenters. The molecule has 0 aliphatic rings. The number of unbranched alkanes of at least 4 members (excludes halogenated alkanes) is 2. The number of aliphatic imine (C=N–C) groups is 1. The lowest BCUT2D eigenvalue weighted by Crippen LogP contribution is -2.08. The Bertz CT molecular complexity index is 982. The molecule has 0 spiro atoms. The van der Waals surface area contributed by atoms with Gasteiger partial charge in [-0.3, -0.25) is 4.99 Å². The lowest BCUT2D eigenvalue weighted by Gasteiger charge is -2.07. The highest BCUT2D eigenvalue weighted by molar-refractivity contribution is 6.33. The van der Waals surface area contributed by atoms with E-state index in [-0.39, 0.29) is 0 Å². The Hall–Kier alpha value is -3.11. The summed E-state index contributed by atoms with van der Waals surface area (Å²) < 4.78 is 11.1. The first-order valence-electron chi connectivity index (χ1n) is 9.99. The molecule has 3 rings (SSSR count). The van der Waals surface area contributed by atoms with E-state index in [4.69, 9.17) is 21.1 Å². The van der Waals surface area contributed by atoms with Crippen LogP contribution in [0.25, 0.3) is 0 Å². The molecule has 0 saturated heterocycles. The topological polar surface area (TPSA) is 47.9 Å². The quantitative estimate of drug-likeness (QED) is 0.164. The fourth-order valence-corrected chi connectivity index (χ4v) is 2.90. The second-order valence-corrected chi connectivity index (χ2v) is 7.16. The van der Waals surface area contributed by atoms with Crippen LogP contribution in [0.1, 0.15) is 42.1 Å². The molecule has 3 aromatic carbocycles. The second-order valence-electron chi connectivity index (χ2n) is 6.75. The van der Waals surface area contributed by atoms with Gasteiger partial charge in [-0.1, -0.05) is 43.5 Å². The summed E-state index contributed by atoms with van der Waals surface area (Å²) in [6, 6.07) is 21.5. The largest absolute Gasteiger partial charge is 0.494 e. The maximum Gasteiger partial charge on any atom is 0.343 e. The molecule has 0 radical (unpaired) electrons. The van der Waals surface area contributed by atoms with Crippen LogP contribution in [0.4, 0.5) is 5.69 Å². The number of hydrogen-bond donors (Lipinski definition) is 0. The molecule has 0 atom stereocenters. The molecule has 0 saturated carbocycles. The fraction of sp³-hybridized carbons (Fsp3) is 0.200. The molecule has 0 amide bonds. The molecule has 0 N–H and O–H groups in total. The third-order valence-electron chi connectivity index (χ3n) is 4.40. The summed E-state index contributed by atoms with van der Waals surface area (Å²) in [5, 5.41) is 0.594. The normalized spacial score (nSPS) is 10.9. The predicted molar refractivity (Wildman–Crippen MR) is 122 cm³/mol. The van der Waals surface area contributed by atoms with Crippen LogP contribution in [-0.4, -0.2) is 18.8 Å². The highest BCUT2D eigenvalue weighted by Crippen LogP contribution is 2.23. The molecule has 0 aliphatic carbocycles. The van der Waals surface area contributed by atoms with Crippen molar-refractivity contribution in [2.45, 2.75) is 26.2 Å². The zero-order chi connectivity index (χ0) is 21.2. The van der Waals surface area contributed by atoms with Gasteiger partial charge in [0.25, 0.3) is 0 Å². The van der Waals surface area contributed by atoms with Crippen molar-refractivity contribution in [2.24, 2.45) is 4.99 Å². The SMILES string of the molecule is CCCCCOc1ccc(C(=O)Oc2ccc(C=Nc3ccccc3Cl)cc2)cc1. The minimum atomic E-state index is -0.412. The van der Waals surface area contributed by atoms with E-state index in [2.05, 4.69) is 11.9 Å². The van der Waals surface area contributed by atoms with Crippen LogP contribution in [0.5, 0.6) is 11.5 Å². The van der Waals surface area contributed by atoms with E-state index in [1.165, 1.54) is 0 Å². The Labute approximate surface area is 182 Å². The van der Waals surface area contributed by atoms with Crippen LogP contribution >= 0.6 is 11.6 Å². The van der Waals surface area contributed by atoms with E-state index in [0.29, 0.717) is 28.6 Å². The molecule has 0 bridgehead atoms. The van der Waals surface area contributed by atoms with E-state index in [1.807, 2.05) is 30.3 Å². The first-order chi connectivity index (χ1) is 14.7. The van der Waals surface area contributed by atoms with Gasteiger partial charge in [0, 0.05) is 6.21 Å². The van der Waals surface area contributed by atoms with Gasteiger partial charge in [-0.2, -0.15) is 0 Å². The van der Waals surface area contributed by atoms with Crippen LogP contribution < -0.4 is 9.47 Å². The highest BCUT2D eigenvalue weighted by Gasteiger charge is 2.09. The molecule has 154 valence electrons. The van der Waals surface area contributed by atoms with Gasteiger partial charge >= 0.3 is 5.97 Å². The van der Waals surface area contributed by atoms with Crippen LogP contribution in [0, 0.1) is 0 Å². The van der Waals surface area contributed by atoms with Crippen molar-refractivity contribution >= 4 is 29.5 Å². The van der Waals surface area contributed by atoms with Gasteiger partial charge in [0.1, 0.15) is 11.5 Å². The Balaban J connectivity index is 1.54. The second kappa shape index (κ2) is 11.2. The van der Waals surface area contributed by atoms with Gasteiger partial charge in [-0.05, 0) is 72.6 Å². The van der Waals surface area contributed by atoms with Gasteiger partial charge < -0.3 is 9.47 Å². The molecule has 5 heteroatoms. The van der Waals surface area contributed by atoms with E-state index >= 15 is 0 Å². The molecule has 30 heavy (non-hydrogen) atoms. The van der Waals surface area contributed by atoms with Crippen molar-refractivity contribution in [1.29, 1.82) is 0 Å². The number of carbonyl (C=O) groups is 1. The molecular weight excluding hydrogens is 398 g/mol. The number of ether oxygens (including phenoxy) is 2. The summed E-state index contributed by atoms with van der Waals surface area (Å²) in [7, 11) is 0. The van der Waals surface area contributed by atoms with Crippen molar-refractivity contribution < 1.29 is 14.3 Å². The minimum absolute atomic E-state index is 0.412. The Morgan fingerprint density at radius 1 is 0.933 bits per heavy atom. The molecule has 0 heterocycles. The molecule has 0 aromatic heterocycles. The first-order valence-corrected chi connectivity index (χ1v) is 10.4. The van der Waals surface area contributed by atoms with Gasteiger partial charge in [-0.15, -0.1) is 0 Å². The van der Waals surface area contributed by atoms with Gasteiger partial charge in [0.2, 0.25) is 0 Å². The van der Waals surface area contributed by atoms with Crippen molar-refractivity contribution in [1.82, 2.24) is 0 Å². The van der Waals surface area contributed by atoms with Crippen molar-refractivity contribution in [3.05, 3.63) is 88.9 Å². The highest BCUT2D eigenvalue weighted by atomic mass is 35.5. The number of para-hydroxylation sites is 1. The van der Waals surface area contributed by atoms with Crippen molar-refractivity contribution in [2.75, 3.05) is 6.61 Å². The van der Waals surface area contributed by atoms with Crippen molar-refractivity contribution in [3.63, 3.8) is 0 Å². The summed E-state index contributed by atoms with van der Waals surface area (Å²) in [5.74, 6) is 0.810. The zero-order valence-corrected chi connectivity index (χ0v) is 17.6. The molecular formula is C25H24ClNO3. The number of hydrogen-bond acceptors (Lipinski definition) is 4. The Morgan fingerprint density at radius 3 is 2.33 bits per heavy atom. The minimum Gasteiger partial charge on any atom is -0.494 e. The summed E-state index contributed by atoms with van der Waals surface area (Å²) in [6.07, 6.45) is 5.05. The maximum absolute atomic E-state index is 12.4. The van der Waals surface area contributed by atoms with E-state index in [9.17, 15) is 4.79 Å². The zero-order valence-electron chi connectivity index (χ0n) is 16.9. The number of rotatable bonds is 9. The predicted octanol–water partition coefficient (Wildman–Crippen LogP) is 6.88. The smallest absolute Gasteiger partial charge is 0.343 e. The monoisotopic (exact) mass is 421 g/mol. The average molecular weight is 422 g/mol. The van der Waals surface area contributed by atoms with Crippen LogP contribution in [0.15, 0.2) is 77.8 Å². The van der Waals surface area contributed by atoms with Crippen LogP contribution in [0.2, 0.25) is 5.02 Å². The molecule has 4 nitrogen and oxygen atoms in total. The molecule has 0 aliphatic heterocycles. The summed E-state index contributed by atoms with van der Waals surface area (Å²) in [4.78, 5) is 16.7. The van der Waals surface area contributed by atoms with Gasteiger partial charge in [0.05, 0.1) is 22.9 Å². The first kappa shape index (κ1) is 21.6. The van der Waals surface area contributed by atoms with E-state index in [0.717, 1.165) is 30.6 Å². The standard InChI is InChI=1S/C25H24ClNO3/c1-2-3-6-17-29-21-15-11-20(12-16-21)25(28)30-22-13-9-19(10-14-22)18-27-24-8-5-4-7-23(24)26/h4-5,7-16,18H,2-3,6,17H2,1H3. The fourth-order valence-electron chi connectivity index (χ4n) is 2.72.